The minimum absolute atomic E-state index is 0.334. The van der Waals surface area contributed by atoms with Crippen LogP contribution in [0.2, 0.25) is 5.02 Å². The number of rotatable bonds is 5. The summed E-state index contributed by atoms with van der Waals surface area (Å²) >= 11 is 5.80. The molecule has 0 aliphatic heterocycles. The van der Waals surface area contributed by atoms with Crippen LogP contribution in [0.5, 0.6) is 11.5 Å². The number of anilines is 1. The Bertz CT molecular complexity index is 491. The predicted molar refractivity (Wildman–Crippen MR) is 70.1 cm³/mol. The van der Waals surface area contributed by atoms with Crippen molar-refractivity contribution in [3.8, 4) is 11.5 Å². The second kappa shape index (κ2) is 5.64. The van der Waals surface area contributed by atoms with E-state index in [4.69, 9.17) is 26.8 Å². The van der Waals surface area contributed by atoms with Crippen LogP contribution >= 0.6 is 11.6 Å². The summed E-state index contributed by atoms with van der Waals surface area (Å²) in [6.45, 7) is 1.08. The highest BCUT2D eigenvalue weighted by Crippen LogP contribution is 2.17. The van der Waals surface area contributed by atoms with Crippen molar-refractivity contribution in [2.75, 3.05) is 19.5 Å². The van der Waals surface area contributed by atoms with Crippen LogP contribution in [0.1, 0.15) is 0 Å². The molecule has 0 unspecified atom stereocenters. The zero-order valence-electron chi connectivity index (χ0n) is 9.97. The molecule has 2 rings (SSSR count). The smallest absolute Gasteiger partial charge is 0.164 e. The number of aromatic nitrogens is 2. The second-order valence-corrected chi connectivity index (χ2v) is 4.06. The number of nitrogens with two attached hydrogens (primary N) is 1. The minimum Gasteiger partial charge on any atom is -0.497 e. The van der Waals surface area contributed by atoms with Crippen molar-refractivity contribution in [2.45, 2.75) is 6.54 Å². The van der Waals surface area contributed by atoms with Crippen LogP contribution in [0.3, 0.4) is 0 Å². The van der Waals surface area contributed by atoms with Crippen molar-refractivity contribution >= 4 is 17.4 Å². The average molecular weight is 268 g/mol. The van der Waals surface area contributed by atoms with E-state index in [0.717, 1.165) is 11.5 Å². The van der Waals surface area contributed by atoms with Crippen LogP contribution in [0, 0.1) is 0 Å². The average Bonchev–Trinajstić information content (AvgIpc) is 2.69. The lowest BCUT2D eigenvalue weighted by Crippen LogP contribution is -2.08. The fraction of sp³-hybridized carbons (Fsp3) is 0.250. The van der Waals surface area contributed by atoms with Gasteiger partial charge in [-0.1, -0.05) is 11.6 Å². The van der Waals surface area contributed by atoms with Crippen LogP contribution in [-0.4, -0.2) is 23.5 Å². The summed E-state index contributed by atoms with van der Waals surface area (Å²) in [6, 6.07) is 7.39. The molecule has 0 saturated carbocycles. The largest absolute Gasteiger partial charge is 0.497 e. The number of nitrogen functional groups attached to an aromatic ring is 1. The number of benzene rings is 1. The van der Waals surface area contributed by atoms with Crippen LogP contribution in [0.25, 0.3) is 0 Å². The Balaban J connectivity index is 1.84. The van der Waals surface area contributed by atoms with Gasteiger partial charge < -0.3 is 15.2 Å². The highest BCUT2D eigenvalue weighted by Gasteiger charge is 2.02. The summed E-state index contributed by atoms with van der Waals surface area (Å²) < 4.78 is 12.3. The molecule has 1 aromatic carbocycles. The van der Waals surface area contributed by atoms with Crippen molar-refractivity contribution in [2.24, 2.45) is 0 Å². The molecule has 0 atom stereocenters. The molecular weight excluding hydrogens is 254 g/mol. The van der Waals surface area contributed by atoms with Gasteiger partial charge in [0.1, 0.15) is 23.1 Å². The van der Waals surface area contributed by atoms with Crippen LogP contribution in [0.4, 0.5) is 5.82 Å². The fourth-order valence-corrected chi connectivity index (χ4v) is 1.61. The highest BCUT2D eigenvalue weighted by atomic mass is 35.5. The molecule has 2 aromatic rings. The van der Waals surface area contributed by atoms with Crippen LogP contribution < -0.4 is 15.2 Å². The van der Waals surface area contributed by atoms with Crippen molar-refractivity contribution in [1.82, 2.24) is 9.78 Å². The van der Waals surface area contributed by atoms with Crippen molar-refractivity contribution in [3.63, 3.8) is 0 Å². The van der Waals surface area contributed by atoms with Gasteiger partial charge in [-0.15, -0.1) is 0 Å². The number of methoxy groups -OCH3 is 1. The molecule has 0 aliphatic carbocycles. The second-order valence-electron chi connectivity index (χ2n) is 3.65. The Morgan fingerprint density at radius 3 is 2.50 bits per heavy atom. The van der Waals surface area contributed by atoms with E-state index in [1.54, 1.807) is 18.0 Å². The van der Waals surface area contributed by atoms with E-state index in [1.807, 2.05) is 24.3 Å². The molecule has 0 saturated heterocycles. The summed E-state index contributed by atoms with van der Waals surface area (Å²) in [5, 5.41) is 4.49. The van der Waals surface area contributed by atoms with Gasteiger partial charge in [0.15, 0.2) is 5.82 Å². The molecule has 0 amide bonds. The Morgan fingerprint density at radius 2 is 1.94 bits per heavy atom. The van der Waals surface area contributed by atoms with E-state index in [-0.39, 0.29) is 0 Å². The normalized spacial score (nSPS) is 10.3. The van der Waals surface area contributed by atoms with Crippen LogP contribution in [0.15, 0.2) is 30.5 Å². The van der Waals surface area contributed by atoms with Crippen molar-refractivity contribution in [1.29, 1.82) is 0 Å². The van der Waals surface area contributed by atoms with E-state index in [0.29, 0.717) is 24.0 Å². The molecule has 0 spiro atoms. The third-order valence-corrected chi connectivity index (χ3v) is 2.68. The quantitative estimate of drug-likeness (QED) is 0.902. The first kappa shape index (κ1) is 12.6. The number of ether oxygens (including phenoxy) is 2. The predicted octanol–water partition coefficient (Wildman–Crippen LogP) is 2.21. The van der Waals surface area contributed by atoms with Gasteiger partial charge in [-0.3, -0.25) is 4.68 Å². The van der Waals surface area contributed by atoms with Gasteiger partial charge in [-0.2, -0.15) is 5.10 Å². The molecule has 5 nitrogen and oxygen atoms in total. The summed E-state index contributed by atoms with van der Waals surface area (Å²) in [6.07, 6.45) is 1.67. The van der Waals surface area contributed by atoms with E-state index < -0.39 is 0 Å². The third kappa shape index (κ3) is 3.07. The molecule has 1 aromatic heterocycles. The lowest BCUT2D eigenvalue weighted by Gasteiger charge is -2.06. The maximum absolute atomic E-state index is 5.80. The van der Waals surface area contributed by atoms with Gasteiger partial charge in [0, 0.05) is 6.20 Å². The Morgan fingerprint density at radius 1 is 1.28 bits per heavy atom. The third-order valence-electron chi connectivity index (χ3n) is 2.39. The Labute approximate surface area is 110 Å². The van der Waals surface area contributed by atoms with Gasteiger partial charge in [0.25, 0.3) is 0 Å². The van der Waals surface area contributed by atoms with E-state index >= 15 is 0 Å². The highest BCUT2D eigenvalue weighted by molar-refractivity contribution is 6.32. The molecule has 0 radical (unpaired) electrons. The minimum atomic E-state index is 0.334. The SMILES string of the molecule is COc1ccc(OCCn2cc(Cl)c(N)n2)cc1. The number of halogens is 1. The fourth-order valence-electron chi connectivity index (χ4n) is 1.46. The van der Waals surface area contributed by atoms with E-state index in [2.05, 4.69) is 5.10 Å². The Kier molecular flexibility index (Phi) is 3.94. The Hall–Kier alpha value is -1.88. The van der Waals surface area contributed by atoms with Gasteiger partial charge in [-0.25, -0.2) is 0 Å². The summed E-state index contributed by atoms with van der Waals surface area (Å²) in [7, 11) is 1.63. The topological polar surface area (TPSA) is 62.3 Å². The molecule has 18 heavy (non-hydrogen) atoms. The number of hydrogen-bond donors (Lipinski definition) is 1. The first-order valence-electron chi connectivity index (χ1n) is 5.44. The monoisotopic (exact) mass is 267 g/mol. The molecule has 6 heteroatoms. The zero-order valence-corrected chi connectivity index (χ0v) is 10.7. The molecule has 0 aliphatic rings. The number of hydrogen-bond acceptors (Lipinski definition) is 4. The van der Waals surface area contributed by atoms with Crippen molar-refractivity contribution < 1.29 is 9.47 Å². The van der Waals surface area contributed by atoms with Crippen molar-refractivity contribution in [3.05, 3.63) is 35.5 Å². The van der Waals surface area contributed by atoms with E-state index in [1.165, 1.54) is 0 Å². The van der Waals surface area contributed by atoms with Gasteiger partial charge >= 0.3 is 0 Å². The number of nitrogens with zero attached hydrogens (tertiary/aromatic N) is 2. The molecule has 0 bridgehead atoms. The summed E-state index contributed by atoms with van der Waals surface area (Å²) in [5.74, 6) is 1.91. The van der Waals surface area contributed by atoms with Crippen LogP contribution in [-0.2, 0) is 6.54 Å². The first-order valence-corrected chi connectivity index (χ1v) is 5.82. The maximum atomic E-state index is 5.80. The molecular formula is C12H14ClN3O2. The standard InChI is InChI=1S/C12H14ClN3O2/c1-17-9-2-4-10(5-3-9)18-7-6-16-8-11(13)12(14)15-16/h2-5,8H,6-7H2,1H3,(H2,14,15). The zero-order chi connectivity index (χ0) is 13.0. The molecule has 2 N–H and O–H groups in total. The van der Waals surface area contributed by atoms with E-state index in [9.17, 15) is 0 Å². The molecule has 96 valence electrons. The maximum Gasteiger partial charge on any atom is 0.164 e. The lowest BCUT2D eigenvalue weighted by molar-refractivity contribution is 0.291. The first-order chi connectivity index (χ1) is 8.69. The summed E-state index contributed by atoms with van der Waals surface area (Å²) in [5.41, 5.74) is 5.54. The van der Waals surface area contributed by atoms with Gasteiger partial charge in [0.05, 0.1) is 13.7 Å². The lowest BCUT2D eigenvalue weighted by atomic mass is 10.3. The van der Waals surface area contributed by atoms with Gasteiger partial charge in [-0.05, 0) is 24.3 Å². The van der Waals surface area contributed by atoms with Gasteiger partial charge in [0.2, 0.25) is 0 Å². The molecule has 0 fully saturated rings. The summed E-state index contributed by atoms with van der Waals surface area (Å²) in [4.78, 5) is 0. The molecule has 1 heterocycles.